The van der Waals surface area contributed by atoms with Crippen LogP contribution in [0.25, 0.3) is 0 Å². The topological polar surface area (TPSA) is 12.0 Å². The van der Waals surface area contributed by atoms with Crippen LogP contribution in [0.3, 0.4) is 0 Å². The molecule has 0 saturated carbocycles. The second-order valence-electron chi connectivity index (χ2n) is 4.76. The maximum Gasteiger partial charge on any atom is 0.0595 e. The van der Waals surface area contributed by atoms with Gasteiger partial charge in [0.25, 0.3) is 0 Å². The maximum atomic E-state index is 6.01. The van der Waals surface area contributed by atoms with Crippen molar-refractivity contribution in [1.29, 1.82) is 0 Å². The third-order valence-corrected chi connectivity index (χ3v) is 3.86. The lowest BCUT2D eigenvalue weighted by Crippen LogP contribution is -2.28. The molecular weight excluding hydrogens is 265 g/mol. The van der Waals surface area contributed by atoms with Crippen LogP contribution >= 0.6 is 23.2 Å². The molecule has 0 saturated heterocycles. The van der Waals surface area contributed by atoms with Crippen LogP contribution < -0.4 is 5.32 Å². The van der Waals surface area contributed by atoms with Crippen molar-refractivity contribution in [3.05, 3.63) is 33.8 Å². The summed E-state index contributed by atoms with van der Waals surface area (Å²) in [6.07, 6.45) is 6.27. The summed E-state index contributed by atoms with van der Waals surface area (Å²) in [6.45, 7) is 5.34. The molecule has 1 unspecified atom stereocenters. The summed E-state index contributed by atoms with van der Waals surface area (Å²) in [5, 5.41) is 4.87. The first-order chi connectivity index (χ1) is 8.67. The molecule has 0 aliphatic rings. The van der Waals surface area contributed by atoms with E-state index < -0.39 is 0 Å². The zero-order chi connectivity index (χ0) is 13.4. The molecule has 18 heavy (non-hydrogen) atoms. The van der Waals surface area contributed by atoms with E-state index in [-0.39, 0.29) is 0 Å². The molecule has 0 radical (unpaired) electrons. The lowest BCUT2D eigenvalue weighted by molar-refractivity contribution is 0.434. The van der Waals surface area contributed by atoms with Crippen molar-refractivity contribution < 1.29 is 0 Å². The van der Waals surface area contributed by atoms with Crippen molar-refractivity contribution in [3.63, 3.8) is 0 Å². The summed E-state index contributed by atoms with van der Waals surface area (Å²) < 4.78 is 0. The third kappa shape index (κ3) is 5.60. The minimum absolute atomic E-state index is 0.615. The van der Waals surface area contributed by atoms with Gasteiger partial charge in [-0.25, -0.2) is 0 Å². The van der Waals surface area contributed by atoms with Crippen LogP contribution in [-0.4, -0.2) is 6.04 Å². The molecule has 1 nitrogen and oxygen atoms in total. The molecule has 102 valence electrons. The van der Waals surface area contributed by atoms with Crippen LogP contribution in [0.4, 0.5) is 0 Å². The fourth-order valence-corrected chi connectivity index (χ4v) is 2.38. The van der Waals surface area contributed by atoms with Crippen LogP contribution in [0.1, 0.15) is 51.5 Å². The molecule has 0 bridgehead atoms. The molecule has 0 aromatic heterocycles. The van der Waals surface area contributed by atoms with Crippen molar-refractivity contribution in [2.75, 3.05) is 0 Å². The Balaban J connectivity index is 2.47. The van der Waals surface area contributed by atoms with Crippen LogP contribution in [0.5, 0.6) is 0 Å². The summed E-state index contributed by atoms with van der Waals surface area (Å²) in [4.78, 5) is 0. The van der Waals surface area contributed by atoms with Gasteiger partial charge >= 0.3 is 0 Å². The highest BCUT2D eigenvalue weighted by Crippen LogP contribution is 2.22. The van der Waals surface area contributed by atoms with Gasteiger partial charge in [-0.15, -0.1) is 0 Å². The van der Waals surface area contributed by atoms with Crippen molar-refractivity contribution in [1.82, 2.24) is 5.32 Å². The second-order valence-corrected chi connectivity index (χ2v) is 5.57. The second kappa shape index (κ2) is 8.79. The Hall–Kier alpha value is -0.240. The van der Waals surface area contributed by atoms with Gasteiger partial charge in [0.2, 0.25) is 0 Å². The zero-order valence-corrected chi connectivity index (χ0v) is 12.8. The molecule has 0 amide bonds. The summed E-state index contributed by atoms with van der Waals surface area (Å²) in [5.41, 5.74) is 1.20. The van der Waals surface area contributed by atoms with Crippen molar-refractivity contribution in [3.8, 4) is 0 Å². The number of rotatable bonds is 8. The molecule has 0 fully saturated rings. The Kier molecular flexibility index (Phi) is 7.73. The number of hydrogen-bond donors (Lipinski definition) is 1. The van der Waals surface area contributed by atoms with Gasteiger partial charge in [-0.1, -0.05) is 62.4 Å². The zero-order valence-electron chi connectivity index (χ0n) is 11.3. The van der Waals surface area contributed by atoms with E-state index in [4.69, 9.17) is 23.2 Å². The summed E-state index contributed by atoms with van der Waals surface area (Å²) in [6, 6.07) is 6.45. The first-order valence-electron chi connectivity index (χ1n) is 6.84. The van der Waals surface area contributed by atoms with E-state index in [1.807, 2.05) is 18.2 Å². The number of hydrogen-bond acceptors (Lipinski definition) is 1. The molecule has 1 N–H and O–H groups in total. The fourth-order valence-electron chi connectivity index (χ4n) is 2.06. The van der Waals surface area contributed by atoms with E-state index in [0.717, 1.165) is 6.54 Å². The SMILES string of the molecule is CCCCC(CCC)NCc1ccc(Cl)c(Cl)c1. The molecule has 0 aliphatic heterocycles. The van der Waals surface area contributed by atoms with E-state index in [0.29, 0.717) is 16.1 Å². The van der Waals surface area contributed by atoms with E-state index in [2.05, 4.69) is 19.2 Å². The predicted molar refractivity (Wildman–Crippen MR) is 81.5 cm³/mol. The normalized spacial score (nSPS) is 12.7. The van der Waals surface area contributed by atoms with Crippen LogP contribution in [0, 0.1) is 0 Å². The minimum Gasteiger partial charge on any atom is -0.310 e. The highest BCUT2D eigenvalue weighted by atomic mass is 35.5. The van der Waals surface area contributed by atoms with E-state index in [1.165, 1.54) is 37.7 Å². The number of halogens is 2. The van der Waals surface area contributed by atoms with Crippen molar-refractivity contribution in [2.24, 2.45) is 0 Å². The molecule has 1 rings (SSSR count). The van der Waals surface area contributed by atoms with Crippen LogP contribution in [-0.2, 0) is 6.54 Å². The highest BCUT2D eigenvalue weighted by Gasteiger charge is 2.07. The molecule has 1 aromatic rings. The van der Waals surface area contributed by atoms with Gasteiger partial charge in [0.15, 0.2) is 0 Å². The van der Waals surface area contributed by atoms with Crippen molar-refractivity contribution in [2.45, 2.75) is 58.5 Å². The Morgan fingerprint density at radius 1 is 1.06 bits per heavy atom. The summed E-state index contributed by atoms with van der Waals surface area (Å²) in [7, 11) is 0. The molecule has 1 aromatic carbocycles. The number of benzene rings is 1. The first-order valence-corrected chi connectivity index (χ1v) is 7.60. The lowest BCUT2D eigenvalue weighted by atomic mass is 10.0. The van der Waals surface area contributed by atoms with Crippen LogP contribution in [0.2, 0.25) is 10.0 Å². The first kappa shape index (κ1) is 15.8. The molecule has 0 spiro atoms. The molecule has 3 heteroatoms. The Labute approximate surface area is 121 Å². The highest BCUT2D eigenvalue weighted by molar-refractivity contribution is 6.42. The van der Waals surface area contributed by atoms with Gasteiger partial charge in [0.05, 0.1) is 10.0 Å². The third-order valence-electron chi connectivity index (χ3n) is 3.12. The fraction of sp³-hybridized carbons (Fsp3) is 0.600. The van der Waals surface area contributed by atoms with Gasteiger partial charge in [0.1, 0.15) is 0 Å². The largest absolute Gasteiger partial charge is 0.310 e. The predicted octanol–water partition coefficient (Wildman–Crippen LogP) is 5.44. The molecule has 1 atom stereocenters. The maximum absolute atomic E-state index is 6.01. The quantitative estimate of drug-likeness (QED) is 0.671. The van der Waals surface area contributed by atoms with E-state index in [1.54, 1.807) is 0 Å². The average Bonchev–Trinajstić information content (AvgIpc) is 2.37. The average molecular weight is 288 g/mol. The molecule has 0 heterocycles. The Morgan fingerprint density at radius 2 is 1.83 bits per heavy atom. The van der Waals surface area contributed by atoms with Gasteiger partial charge in [-0.3, -0.25) is 0 Å². The number of unbranched alkanes of at least 4 members (excludes halogenated alkanes) is 1. The van der Waals surface area contributed by atoms with Gasteiger partial charge < -0.3 is 5.32 Å². The standard InChI is InChI=1S/C15H23Cl2N/c1-3-5-7-13(6-4-2)18-11-12-8-9-14(16)15(17)10-12/h8-10,13,18H,3-7,11H2,1-2H3. The number of nitrogens with one attached hydrogen (secondary N) is 1. The van der Waals surface area contributed by atoms with Crippen LogP contribution in [0.15, 0.2) is 18.2 Å². The lowest BCUT2D eigenvalue weighted by Gasteiger charge is -2.18. The van der Waals surface area contributed by atoms with Gasteiger partial charge in [-0.2, -0.15) is 0 Å². The molecular formula is C15H23Cl2N. The summed E-state index contributed by atoms with van der Waals surface area (Å²) in [5.74, 6) is 0. The Bertz CT molecular complexity index is 352. The Morgan fingerprint density at radius 3 is 2.44 bits per heavy atom. The van der Waals surface area contributed by atoms with E-state index >= 15 is 0 Å². The van der Waals surface area contributed by atoms with E-state index in [9.17, 15) is 0 Å². The van der Waals surface area contributed by atoms with Crippen molar-refractivity contribution >= 4 is 23.2 Å². The summed E-state index contributed by atoms with van der Waals surface area (Å²) >= 11 is 11.9. The smallest absolute Gasteiger partial charge is 0.0595 e. The monoisotopic (exact) mass is 287 g/mol. The van der Waals surface area contributed by atoms with Gasteiger partial charge in [-0.05, 0) is 30.5 Å². The molecule has 0 aliphatic carbocycles. The minimum atomic E-state index is 0.615. The van der Waals surface area contributed by atoms with Gasteiger partial charge in [0, 0.05) is 12.6 Å².